The van der Waals surface area contributed by atoms with E-state index in [0.717, 1.165) is 29.1 Å². The van der Waals surface area contributed by atoms with Crippen LogP contribution >= 0.6 is 11.6 Å². The largest absolute Gasteiger partial charge is 0.497 e. The van der Waals surface area contributed by atoms with Gasteiger partial charge in [0, 0.05) is 16.6 Å². The number of carbonyl (C=O) groups excluding carboxylic acids is 1. The molecule has 0 radical (unpaired) electrons. The summed E-state index contributed by atoms with van der Waals surface area (Å²) in [6.07, 6.45) is 0.813. The first kappa shape index (κ1) is 26.4. The lowest BCUT2D eigenvalue weighted by atomic mass is 10.1. The van der Waals surface area contributed by atoms with Crippen LogP contribution in [0, 0.1) is 6.92 Å². The van der Waals surface area contributed by atoms with Gasteiger partial charge in [0.2, 0.25) is 5.88 Å². The fourth-order valence-corrected chi connectivity index (χ4v) is 3.76. The monoisotopic (exact) mass is 498 g/mol. The number of rotatable bonds is 8. The van der Waals surface area contributed by atoms with E-state index in [1.807, 2.05) is 88.0 Å². The molecule has 0 bridgehead atoms. The molecule has 0 aliphatic heterocycles. The molecular weight excluding hydrogens is 464 g/mol. The molecule has 0 saturated heterocycles. The molecule has 1 aromatic heterocycles. The number of hydrogen-bond donors (Lipinski definition) is 1. The van der Waals surface area contributed by atoms with E-state index < -0.39 is 0 Å². The van der Waals surface area contributed by atoms with Crippen LogP contribution in [-0.2, 0) is 6.54 Å². The highest BCUT2D eigenvalue weighted by Gasteiger charge is 2.28. The summed E-state index contributed by atoms with van der Waals surface area (Å²) >= 11 is 6.28. The maximum Gasteiger partial charge on any atom is 0.318 e. The van der Waals surface area contributed by atoms with Crippen molar-refractivity contribution in [1.29, 1.82) is 0 Å². The number of nitrogens with one attached hydrogen (secondary N) is 1. The molecule has 0 saturated carbocycles. The third kappa shape index (κ3) is 6.69. The minimum absolute atomic E-state index is 0.0140. The first-order chi connectivity index (χ1) is 16.5. The molecule has 0 fully saturated rings. The quantitative estimate of drug-likeness (QED) is 0.373. The Morgan fingerprint density at radius 3 is 2.40 bits per heavy atom. The highest BCUT2D eigenvalue weighted by molar-refractivity contribution is 6.30. The minimum Gasteiger partial charge on any atom is -0.497 e. The highest BCUT2D eigenvalue weighted by Crippen LogP contribution is 2.33. The average molecular weight is 499 g/mol. The smallest absolute Gasteiger partial charge is 0.318 e. The molecule has 0 aliphatic carbocycles. The molecule has 7 nitrogen and oxygen atoms in total. The molecule has 1 atom stereocenters. The number of methoxy groups -OCH3 is 1. The summed E-state index contributed by atoms with van der Waals surface area (Å²) in [7, 11) is 1.62. The predicted octanol–water partition coefficient (Wildman–Crippen LogP) is 6.74. The van der Waals surface area contributed by atoms with E-state index in [9.17, 15) is 4.79 Å². The summed E-state index contributed by atoms with van der Waals surface area (Å²) in [6, 6.07) is 14.7. The van der Waals surface area contributed by atoms with Gasteiger partial charge in [0.25, 0.3) is 0 Å². The SMILES string of the molecule is CC[C@@H](C)N(Cc1c(C)nn(-c2cccc(Cl)c2)c1Oc1ccc(OC)cc1)C(=O)NC(C)(C)C. The molecule has 188 valence electrons. The number of benzene rings is 2. The standard InChI is InChI=1S/C27H35ClN4O3/c1-8-18(2)31(26(33)29-27(4,5)6)17-24-19(3)30-32(21-11-9-10-20(28)16-21)25(24)35-23-14-12-22(34-7)13-15-23/h9-16,18H,8,17H2,1-7H3,(H,29,33)/t18-/m1/s1. The Morgan fingerprint density at radius 1 is 1.17 bits per heavy atom. The highest BCUT2D eigenvalue weighted by atomic mass is 35.5. The number of carbonyl (C=O) groups is 1. The summed E-state index contributed by atoms with van der Waals surface area (Å²) in [5, 5.41) is 8.46. The van der Waals surface area contributed by atoms with Crippen molar-refractivity contribution in [3.63, 3.8) is 0 Å². The first-order valence-corrected chi connectivity index (χ1v) is 12.1. The predicted molar refractivity (Wildman–Crippen MR) is 140 cm³/mol. The third-order valence-electron chi connectivity index (χ3n) is 5.66. The number of aryl methyl sites for hydroxylation is 1. The molecule has 0 aliphatic rings. The fraction of sp³-hybridized carbons (Fsp3) is 0.407. The van der Waals surface area contributed by atoms with Crippen LogP contribution in [-0.4, -0.2) is 39.4 Å². The van der Waals surface area contributed by atoms with E-state index >= 15 is 0 Å². The molecule has 35 heavy (non-hydrogen) atoms. The Bertz CT molecular complexity index is 1150. The maximum atomic E-state index is 13.3. The van der Waals surface area contributed by atoms with Crippen LogP contribution in [0.15, 0.2) is 48.5 Å². The number of urea groups is 1. The fourth-order valence-electron chi connectivity index (χ4n) is 3.57. The van der Waals surface area contributed by atoms with Gasteiger partial charge < -0.3 is 19.7 Å². The molecule has 2 aromatic carbocycles. The van der Waals surface area contributed by atoms with Gasteiger partial charge >= 0.3 is 6.03 Å². The molecule has 2 amide bonds. The van der Waals surface area contributed by atoms with Crippen molar-refractivity contribution in [1.82, 2.24) is 20.0 Å². The number of nitrogens with zero attached hydrogens (tertiary/aromatic N) is 3. The number of ether oxygens (including phenoxy) is 2. The second kappa shape index (κ2) is 11.0. The van der Waals surface area contributed by atoms with Gasteiger partial charge in [-0.3, -0.25) is 0 Å². The number of aromatic nitrogens is 2. The molecule has 1 heterocycles. The van der Waals surface area contributed by atoms with Crippen molar-refractivity contribution in [3.05, 3.63) is 64.8 Å². The van der Waals surface area contributed by atoms with E-state index in [1.54, 1.807) is 11.8 Å². The number of amides is 2. The van der Waals surface area contributed by atoms with Crippen molar-refractivity contribution in [2.45, 2.75) is 66.1 Å². The summed E-state index contributed by atoms with van der Waals surface area (Å²) in [6.45, 7) is 12.3. The first-order valence-electron chi connectivity index (χ1n) is 11.8. The summed E-state index contributed by atoms with van der Waals surface area (Å²) in [4.78, 5) is 15.1. The van der Waals surface area contributed by atoms with Crippen molar-refractivity contribution in [2.75, 3.05) is 7.11 Å². The normalized spacial score (nSPS) is 12.2. The van der Waals surface area contributed by atoms with E-state index in [2.05, 4.69) is 12.2 Å². The van der Waals surface area contributed by atoms with Gasteiger partial charge in [-0.1, -0.05) is 24.6 Å². The van der Waals surface area contributed by atoms with Crippen LogP contribution in [0.25, 0.3) is 5.69 Å². The van der Waals surface area contributed by atoms with Crippen molar-refractivity contribution in [3.8, 4) is 23.1 Å². The molecule has 0 spiro atoms. The number of hydrogen-bond acceptors (Lipinski definition) is 4. The zero-order chi connectivity index (χ0) is 25.8. The maximum absolute atomic E-state index is 13.3. The van der Waals surface area contributed by atoms with Crippen LogP contribution in [0.3, 0.4) is 0 Å². The summed E-state index contributed by atoms with van der Waals surface area (Å²) in [5.74, 6) is 1.90. The zero-order valence-corrected chi connectivity index (χ0v) is 22.3. The summed E-state index contributed by atoms with van der Waals surface area (Å²) < 4.78 is 13.4. The van der Waals surface area contributed by atoms with Gasteiger partial charge in [-0.15, -0.1) is 0 Å². The molecule has 3 aromatic rings. The lowest BCUT2D eigenvalue weighted by molar-refractivity contribution is 0.164. The second-order valence-corrected chi connectivity index (χ2v) is 10.0. The average Bonchev–Trinajstić information content (AvgIpc) is 3.11. The Morgan fingerprint density at radius 2 is 1.83 bits per heavy atom. The molecule has 1 N–H and O–H groups in total. The second-order valence-electron chi connectivity index (χ2n) is 9.60. The van der Waals surface area contributed by atoms with Crippen LogP contribution in [0.4, 0.5) is 4.79 Å². The van der Waals surface area contributed by atoms with Crippen molar-refractivity contribution in [2.24, 2.45) is 0 Å². The summed E-state index contributed by atoms with van der Waals surface area (Å²) in [5.41, 5.74) is 2.01. The van der Waals surface area contributed by atoms with Gasteiger partial charge in [0.05, 0.1) is 30.6 Å². The Balaban J connectivity index is 2.08. The molecule has 0 unspecified atom stereocenters. The molecule has 8 heteroatoms. The lowest BCUT2D eigenvalue weighted by Crippen LogP contribution is -2.50. The van der Waals surface area contributed by atoms with Crippen LogP contribution in [0.1, 0.15) is 52.3 Å². The Kier molecular flexibility index (Phi) is 8.33. The van der Waals surface area contributed by atoms with Gasteiger partial charge in [0.1, 0.15) is 11.5 Å². The van der Waals surface area contributed by atoms with E-state index in [0.29, 0.717) is 23.2 Å². The minimum atomic E-state index is -0.356. The van der Waals surface area contributed by atoms with Gasteiger partial charge in [0.15, 0.2) is 0 Å². The van der Waals surface area contributed by atoms with Gasteiger partial charge in [-0.05, 0) is 83.5 Å². The zero-order valence-electron chi connectivity index (χ0n) is 21.6. The van der Waals surface area contributed by atoms with Gasteiger partial charge in [-0.25, -0.2) is 9.48 Å². The Hall–Kier alpha value is -3.19. The Labute approximate surface area is 213 Å². The van der Waals surface area contributed by atoms with Crippen molar-refractivity contribution >= 4 is 17.6 Å². The van der Waals surface area contributed by atoms with Crippen LogP contribution in [0.5, 0.6) is 17.4 Å². The lowest BCUT2D eigenvalue weighted by Gasteiger charge is -2.32. The van der Waals surface area contributed by atoms with Crippen LogP contribution in [0.2, 0.25) is 5.02 Å². The van der Waals surface area contributed by atoms with Crippen molar-refractivity contribution < 1.29 is 14.3 Å². The van der Waals surface area contributed by atoms with Crippen LogP contribution < -0.4 is 14.8 Å². The van der Waals surface area contributed by atoms with E-state index in [4.69, 9.17) is 26.2 Å². The molecule has 3 rings (SSSR count). The van der Waals surface area contributed by atoms with E-state index in [-0.39, 0.29) is 17.6 Å². The van der Waals surface area contributed by atoms with E-state index in [1.165, 1.54) is 0 Å². The van der Waals surface area contributed by atoms with Gasteiger partial charge in [-0.2, -0.15) is 5.10 Å². The molecular formula is C27H35ClN4O3. The number of halogens is 1. The topological polar surface area (TPSA) is 68.6 Å². The third-order valence-corrected chi connectivity index (χ3v) is 5.89.